The number of alkyl halides is 3. The number of carbonyl (C=O) groups is 1. The maximum atomic E-state index is 14.5. The molecule has 3 heterocycles. The van der Waals surface area contributed by atoms with Crippen molar-refractivity contribution in [3.05, 3.63) is 59.2 Å². The molecule has 0 radical (unpaired) electrons. The number of rotatable bonds is 4. The fourth-order valence-corrected chi connectivity index (χ4v) is 3.19. The Balaban J connectivity index is 1.58. The third kappa shape index (κ3) is 4.44. The van der Waals surface area contributed by atoms with Crippen LogP contribution in [0.2, 0.25) is 0 Å². The van der Waals surface area contributed by atoms with Crippen molar-refractivity contribution in [2.24, 2.45) is 9.98 Å². The third-order valence-corrected chi connectivity index (χ3v) is 4.50. The molecule has 1 atom stereocenters. The van der Waals surface area contributed by atoms with Crippen molar-refractivity contribution < 1.29 is 31.3 Å². The van der Waals surface area contributed by atoms with Crippen LogP contribution >= 0.6 is 0 Å². The molecule has 0 saturated carbocycles. The summed E-state index contributed by atoms with van der Waals surface area (Å²) in [7, 11) is 0. The van der Waals surface area contributed by atoms with E-state index in [-0.39, 0.29) is 28.4 Å². The summed E-state index contributed by atoms with van der Waals surface area (Å²) in [5.74, 6) is -0.771. The summed E-state index contributed by atoms with van der Waals surface area (Å²) < 4.78 is 59.0. The number of nitrogens with zero attached hydrogens (tertiary/aromatic N) is 4. The molecule has 1 aromatic heterocycles. The molecule has 31 heavy (non-hydrogen) atoms. The third-order valence-electron chi connectivity index (χ3n) is 4.50. The van der Waals surface area contributed by atoms with Crippen LogP contribution in [0, 0.1) is 19.7 Å². The number of aromatic nitrogens is 1. The summed E-state index contributed by atoms with van der Waals surface area (Å²) in [6, 6.07) is 3.91. The fourth-order valence-electron chi connectivity index (χ4n) is 3.19. The van der Waals surface area contributed by atoms with Crippen LogP contribution in [0.4, 0.5) is 23.2 Å². The van der Waals surface area contributed by atoms with Crippen LogP contribution < -0.4 is 5.32 Å². The number of fused-ring (bicyclic) bond motifs is 1. The minimum absolute atomic E-state index is 0.0435. The zero-order valence-electron chi connectivity index (χ0n) is 16.4. The summed E-state index contributed by atoms with van der Waals surface area (Å²) in [6.07, 6.45) is -2.37. The maximum absolute atomic E-state index is 14.5. The quantitative estimate of drug-likeness (QED) is 0.588. The molecular formula is C20H16F4N5O2+. The monoisotopic (exact) mass is 434 g/mol. The molecule has 0 fully saturated rings. The van der Waals surface area contributed by atoms with Crippen LogP contribution in [0.15, 0.2) is 44.9 Å². The number of oxazole rings is 1. The van der Waals surface area contributed by atoms with Gasteiger partial charge in [0.2, 0.25) is 5.76 Å². The van der Waals surface area contributed by atoms with Gasteiger partial charge < -0.3 is 9.73 Å². The molecule has 7 nitrogen and oxygen atoms in total. The predicted octanol–water partition coefficient (Wildman–Crippen LogP) is 3.77. The van der Waals surface area contributed by atoms with E-state index in [9.17, 15) is 22.4 Å². The van der Waals surface area contributed by atoms with Crippen LogP contribution in [-0.2, 0) is 0 Å². The number of carbonyl (C=O) groups excluding carboxylic acids is 1. The molecule has 1 unspecified atom stereocenters. The molecule has 1 amide bonds. The van der Waals surface area contributed by atoms with Crippen LogP contribution in [-0.4, -0.2) is 45.6 Å². The number of aryl methyl sites for hydroxylation is 2. The van der Waals surface area contributed by atoms with Crippen molar-refractivity contribution in [2.45, 2.75) is 32.7 Å². The number of hydrogen-bond acceptors (Lipinski definition) is 5. The SMILES string of the molecule is Cc1nc(C)c(C(=O)Nc2ccc(F)c(C3=NC4N=C(CC(F)(F)F)C=C[N+]4=C3)c2)o1. The van der Waals surface area contributed by atoms with Crippen LogP contribution in [0.5, 0.6) is 0 Å². The summed E-state index contributed by atoms with van der Waals surface area (Å²) in [5, 5.41) is 2.61. The van der Waals surface area contributed by atoms with Gasteiger partial charge >= 0.3 is 12.5 Å². The molecule has 2 aliphatic rings. The summed E-state index contributed by atoms with van der Waals surface area (Å²) in [4.78, 5) is 24.6. The van der Waals surface area contributed by atoms with Gasteiger partial charge in [-0.3, -0.25) is 4.79 Å². The summed E-state index contributed by atoms with van der Waals surface area (Å²) in [5.41, 5.74) is 0.798. The summed E-state index contributed by atoms with van der Waals surface area (Å²) >= 11 is 0. The lowest BCUT2D eigenvalue weighted by molar-refractivity contribution is -0.487. The number of nitrogens with one attached hydrogen (secondary N) is 1. The Bertz CT molecular complexity index is 1190. The standard InChI is InChI=1S/C20H15F4N5O2/c1-10-17(31-11(2)25-10)18(30)26-12-3-4-15(21)14(7-12)16-9-29-6-5-13(8-20(22,23)24)27-19(29)28-16/h3-7,9,19H,8H2,1-2H3/p+1. The minimum atomic E-state index is -4.39. The van der Waals surface area contributed by atoms with Gasteiger partial charge in [-0.25, -0.2) is 9.37 Å². The van der Waals surface area contributed by atoms with Gasteiger partial charge in [0.05, 0.1) is 17.8 Å². The second-order valence-electron chi connectivity index (χ2n) is 6.96. The zero-order valence-corrected chi connectivity index (χ0v) is 16.4. The lowest BCUT2D eigenvalue weighted by Crippen LogP contribution is -2.23. The zero-order chi connectivity index (χ0) is 22.3. The van der Waals surface area contributed by atoms with E-state index in [2.05, 4.69) is 20.3 Å². The Labute approximate surface area is 173 Å². The van der Waals surface area contributed by atoms with E-state index in [1.54, 1.807) is 13.8 Å². The first-order valence-electron chi connectivity index (χ1n) is 9.16. The van der Waals surface area contributed by atoms with Gasteiger partial charge in [-0.15, -0.1) is 0 Å². The van der Waals surface area contributed by atoms with Gasteiger partial charge in [0.15, 0.2) is 18.3 Å². The first-order valence-corrected chi connectivity index (χ1v) is 9.16. The predicted molar refractivity (Wildman–Crippen MR) is 104 cm³/mol. The second kappa shape index (κ2) is 7.56. The molecule has 160 valence electrons. The Morgan fingerprint density at radius 2 is 2.03 bits per heavy atom. The molecule has 1 N–H and O–H groups in total. The van der Waals surface area contributed by atoms with E-state index < -0.39 is 30.6 Å². The molecule has 2 aliphatic heterocycles. The molecule has 0 saturated heterocycles. The second-order valence-corrected chi connectivity index (χ2v) is 6.96. The van der Waals surface area contributed by atoms with E-state index in [1.165, 1.54) is 35.2 Å². The highest BCUT2D eigenvalue weighted by atomic mass is 19.4. The van der Waals surface area contributed by atoms with Crippen molar-refractivity contribution in [3.63, 3.8) is 0 Å². The highest BCUT2D eigenvalue weighted by molar-refractivity contribution is 6.37. The van der Waals surface area contributed by atoms with Crippen molar-refractivity contribution in [3.8, 4) is 0 Å². The van der Waals surface area contributed by atoms with Gasteiger partial charge in [-0.2, -0.15) is 27.7 Å². The fraction of sp³-hybridized carbons (Fsp3) is 0.250. The Kier molecular flexibility index (Phi) is 5.03. The average molecular weight is 434 g/mol. The lowest BCUT2D eigenvalue weighted by Gasteiger charge is -2.10. The van der Waals surface area contributed by atoms with Crippen molar-refractivity contribution in [1.29, 1.82) is 0 Å². The average Bonchev–Trinajstić information content (AvgIpc) is 3.24. The molecule has 2 aromatic rings. The topological polar surface area (TPSA) is 82.9 Å². The number of amides is 1. The van der Waals surface area contributed by atoms with E-state index in [0.717, 1.165) is 6.07 Å². The van der Waals surface area contributed by atoms with Gasteiger partial charge in [-0.1, -0.05) is 0 Å². The molecular weight excluding hydrogens is 418 g/mol. The van der Waals surface area contributed by atoms with Crippen LogP contribution in [0.25, 0.3) is 0 Å². The number of allylic oxidation sites excluding steroid dienone is 1. The molecule has 0 aliphatic carbocycles. The van der Waals surface area contributed by atoms with Crippen molar-refractivity contribution >= 4 is 29.2 Å². The van der Waals surface area contributed by atoms with E-state index in [4.69, 9.17) is 4.42 Å². The molecule has 1 aromatic carbocycles. The first kappa shape index (κ1) is 20.6. The molecule has 11 heteroatoms. The van der Waals surface area contributed by atoms with E-state index in [0.29, 0.717) is 11.6 Å². The van der Waals surface area contributed by atoms with Gasteiger partial charge in [0, 0.05) is 24.3 Å². The highest BCUT2D eigenvalue weighted by Crippen LogP contribution is 2.24. The minimum Gasteiger partial charge on any atom is -0.436 e. The number of aliphatic imine (C=N–C) groups is 2. The smallest absolute Gasteiger partial charge is 0.394 e. The summed E-state index contributed by atoms with van der Waals surface area (Å²) in [6.45, 7) is 3.24. The van der Waals surface area contributed by atoms with Gasteiger partial charge in [0.25, 0.3) is 5.91 Å². The normalized spacial score (nSPS) is 17.7. The number of benzene rings is 1. The lowest BCUT2D eigenvalue weighted by atomic mass is 10.1. The number of halogens is 4. The molecule has 4 rings (SSSR count). The maximum Gasteiger partial charge on any atom is 0.394 e. The van der Waals surface area contributed by atoms with Crippen molar-refractivity contribution in [1.82, 2.24) is 4.98 Å². The van der Waals surface area contributed by atoms with E-state index in [1.807, 2.05) is 0 Å². The van der Waals surface area contributed by atoms with E-state index >= 15 is 0 Å². The van der Waals surface area contributed by atoms with Gasteiger partial charge in [-0.05, 0) is 25.1 Å². The molecule has 0 bridgehead atoms. The number of hydrogen-bond donors (Lipinski definition) is 1. The van der Waals surface area contributed by atoms with Gasteiger partial charge in [0.1, 0.15) is 11.5 Å². The Morgan fingerprint density at radius 1 is 1.26 bits per heavy atom. The van der Waals surface area contributed by atoms with Crippen LogP contribution in [0.3, 0.4) is 0 Å². The Hall–Kier alpha value is -3.63. The largest absolute Gasteiger partial charge is 0.436 e. The Morgan fingerprint density at radius 3 is 2.71 bits per heavy atom. The molecule has 0 spiro atoms. The highest BCUT2D eigenvalue weighted by Gasteiger charge is 2.35. The van der Waals surface area contributed by atoms with Crippen LogP contribution in [0.1, 0.15) is 34.1 Å². The number of anilines is 1. The first-order chi connectivity index (χ1) is 14.6. The van der Waals surface area contributed by atoms with Crippen molar-refractivity contribution in [2.75, 3.05) is 5.32 Å².